The molecule has 6 heteroatoms. The van der Waals surface area contributed by atoms with Crippen LogP contribution in [0.4, 0.5) is 0 Å². The van der Waals surface area contributed by atoms with Crippen LogP contribution in [-0.4, -0.2) is 40.7 Å². The van der Waals surface area contributed by atoms with Crippen LogP contribution in [-0.2, 0) is 20.8 Å². The van der Waals surface area contributed by atoms with Gasteiger partial charge in [-0.05, 0) is 30.4 Å². The minimum absolute atomic E-state index is 0.174. The lowest BCUT2D eigenvalue weighted by Crippen LogP contribution is -2.42. The van der Waals surface area contributed by atoms with Gasteiger partial charge >= 0.3 is 0 Å². The van der Waals surface area contributed by atoms with Gasteiger partial charge in [-0.25, -0.2) is 0 Å². The number of nitrogens with one attached hydrogen (secondary N) is 1. The summed E-state index contributed by atoms with van der Waals surface area (Å²) < 4.78 is 0. The van der Waals surface area contributed by atoms with Gasteiger partial charge in [-0.2, -0.15) is 0 Å². The second-order valence-corrected chi connectivity index (χ2v) is 6.68. The van der Waals surface area contributed by atoms with Crippen LogP contribution in [0.1, 0.15) is 12.1 Å². The molecule has 2 fully saturated rings. The molecule has 2 heterocycles. The van der Waals surface area contributed by atoms with Gasteiger partial charge in [0.25, 0.3) is 0 Å². The number of fused-ring (bicyclic) bond motifs is 5. The molecule has 1 aromatic rings. The standard InChI is InChI=1S/C18H19N3O3/c22-14(20-8-6-13-3-1-2-7-19-13)10-21-17(23)15-11-4-5-12(9-11)16(15)18(21)24/h1-5,7,11-12,15-16H,6,8-10H2,(H,20,22). The van der Waals surface area contributed by atoms with Crippen molar-refractivity contribution in [3.63, 3.8) is 0 Å². The van der Waals surface area contributed by atoms with Crippen LogP contribution < -0.4 is 5.32 Å². The Morgan fingerprint density at radius 2 is 1.88 bits per heavy atom. The highest BCUT2D eigenvalue weighted by Gasteiger charge is 2.59. The quantitative estimate of drug-likeness (QED) is 0.633. The van der Waals surface area contributed by atoms with E-state index in [0.717, 1.165) is 17.0 Å². The summed E-state index contributed by atoms with van der Waals surface area (Å²) in [7, 11) is 0. The van der Waals surface area contributed by atoms with Crippen LogP contribution in [0.25, 0.3) is 0 Å². The summed E-state index contributed by atoms with van der Waals surface area (Å²) >= 11 is 0. The van der Waals surface area contributed by atoms with E-state index >= 15 is 0 Å². The molecule has 1 aliphatic heterocycles. The lowest BCUT2D eigenvalue weighted by molar-refractivity contribution is -0.144. The second-order valence-electron chi connectivity index (χ2n) is 6.68. The zero-order valence-corrected chi connectivity index (χ0v) is 13.2. The normalized spacial score (nSPS) is 30.1. The summed E-state index contributed by atoms with van der Waals surface area (Å²) in [6.45, 7) is 0.262. The van der Waals surface area contributed by atoms with Gasteiger partial charge in [0.05, 0.1) is 11.8 Å². The van der Waals surface area contributed by atoms with E-state index in [4.69, 9.17) is 0 Å². The minimum Gasteiger partial charge on any atom is -0.354 e. The Morgan fingerprint density at radius 1 is 1.17 bits per heavy atom. The summed E-state index contributed by atoms with van der Waals surface area (Å²) in [6, 6.07) is 5.63. The Kier molecular flexibility index (Phi) is 3.67. The molecule has 1 saturated carbocycles. The Bertz CT molecular complexity index is 685. The van der Waals surface area contributed by atoms with Gasteiger partial charge in [0, 0.05) is 24.9 Å². The minimum atomic E-state index is -0.298. The largest absolute Gasteiger partial charge is 0.354 e. The van der Waals surface area contributed by atoms with E-state index in [1.807, 2.05) is 30.4 Å². The summed E-state index contributed by atoms with van der Waals surface area (Å²) in [5, 5.41) is 2.76. The first-order valence-electron chi connectivity index (χ1n) is 8.35. The van der Waals surface area contributed by atoms with Crippen LogP contribution in [0.3, 0.4) is 0 Å². The molecule has 1 aromatic heterocycles. The number of hydrogen-bond acceptors (Lipinski definition) is 4. The van der Waals surface area contributed by atoms with Gasteiger partial charge in [-0.1, -0.05) is 18.2 Å². The summed E-state index contributed by atoms with van der Waals surface area (Å²) in [5.74, 6) is -0.790. The fourth-order valence-corrected chi connectivity index (χ4v) is 4.20. The number of carbonyl (C=O) groups excluding carboxylic acids is 3. The molecule has 3 aliphatic rings. The van der Waals surface area contributed by atoms with Crippen LogP contribution in [0, 0.1) is 23.7 Å². The molecular weight excluding hydrogens is 306 g/mol. The number of likely N-dealkylation sites (tertiary alicyclic amines) is 1. The molecule has 6 nitrogen and oxygen atoms in total. The molecule has 0 aromatic carbocycles. The molecule has 2 aliphatic carbocycles. The average molecular weight is 325 g/mol. The lowest BCUT2D eigenvalue weighted by atomic mass is 9.85. The van der Waals surface area contributed by atoms with Crippen molar-refractivity contribution < 1.29 is 14.4 Å². The maximum absolute atomic E-state index is 12.5. The molecule has 3 amide bonds. The van der Waals surface area contributed by atoms with Gasteiger partial charge in [0.1, 0.15) is 6.54 Å². The number of rotatable bonds is 5. The van der Waals surface area contributed by atoms with Crippen molar-refractivity contribution in [2.24, 2.45) is 23.7 Å². The summed E-state index contributed by atoms with van der Waals surface area (Å²) in [4.78, 5) is 42.4. The van der Waals surface area contributed by atoms with E-state index in [2.05, 4.69) is 10.3 Å². The fourth-order valence-electron chi connectivity index (χ4n) is 4.20. The van der Waals surface area contributed by atoms with Gasteiger partial charge in [-0.3, -0.25) is 24.3 Å². The lowest BCUT2D eigenvalue weighted by Gasteiger charge is -2.16. The van der Waals surface area contributed by atoms with E-state index in [9.17, 15) is 14.4 Å². The van der Waals surface area contributed by atoms with Gasteiger partial charge in [0.2, 0.25) is 17.7 Å². The zero-order valence-electron chi connectivity index (χ0n) is 13.2. The Balaban J connectivity index is 1.32. The van der Waals surface area contributed by atoms with E-state index < -0.39 is 0 Å². The summed E-state index contributed by atoms with van der Waals surface area (Å²) in [5.41, 5.74) is 0.892. The smallest absolute Gasteiger partial charge is 0.240 e. The molecule has 24 heavy (non-hydrogen) atoms. The van der Waals surface area contributed by atoms with E-state index in [1.54, 1.807) is 6.20 Å². The molecule has 0 spiro atoms. The number of amides is 3. The molecule has 1 N–H and O–H groups in total. The Hall–Kier alpha value is -2.50. The predicted molar refractivity (Wildman–Crippen MR) is 85.4 cm³/mol. The van der Waals surface area contributed by atoms with Gasteiger partial charge < -0.3 is 5.32 Å². The number of pyridine rings is 1. The molecule has 4 unspecified atom stereocenters. The Labute approximate surface area is 139 Å². The number of imide groups is 1. The third kappa shape index (κ3) is 2.42. The molecule has 124 valence electrons. The second kappa shape index (κ2) is 5.85. The van der Waals surface area contributed by atoms with Crippen molar-refractivity contribution in [2.45, 2.75) is 12.8 Å². The van der Waals surface area contributed by atoms with Crippen LogP contribution in [0.5, 0.6) is 0 Å². The van der Waals surface area contributed by atoms with Crippen LogP contribution in [0.2, 0.25) is 0 Å². The third-order valence-electron chi connectivity index (χ3n) is 5.29. The first-order chi connectivity index (χ1) is 11.6. The first-order valence-corrected chi connectivity index (χ1v) is 8.35. The zero-order chi connectivity index (χ0) is 16.7. The molecule has 4 rings (SSSR count). The van der Waals surface area contributed by atoms with E-state index in [1.165, 1.54) is 0 Å². The highest BCUT2D eigenvalue weighted by Crippen LogP contribution is 2.52. The SMILES string of the molecule is O=C(CN1C(=O)C2C3C=CC(C3)C2C1=O)NCCc1ccccn1. The first kappa shape index (κ1) is 15.1. The van der Waals surface area contributed by atoms with Crippen molar-refractivity contribution in [3.8, 4) is 0 Å². The topological polar surface area (TPSA) is 79.4 Å². The fraction of sp³-hybridized carbons (Fsp3) is 0.444. The molecule has 0 radical (unpaired) electrons. The maximum atomic E-state index is 12.5. The van der Waals surface area contributed by atoms with Crippen molar-refractivity contribution in [1.82, 2.24) is 15.2 Å². The molecule has 4 atom stereocenters. The maximum Gasteiger partial charge on any atom is 0.240 e. The van der Waals surface area contributed by atoms with Crippen LogP contribution in [0.15, 0.2) is 36.5 Å². The molecule has 1 saturated heterocycles. The number of hydrogen-bond donors (Lipinski definition) is 1. The number of allylic oxidation sites excluding steroid dienone is 2. The van der Waals surface area contributed by atoms with Gasteiger partial charge in [0.15, 0.2) is 0 Å². The predicted octanol–water partition coefficient (Wildman–Crippen LogP) is 0.547. The molecule has 2 bridgehead atoms. The molecular formula is C18H19N3O3. The third-order valence-corrected chi connectivity index (χ3v) is 5.29. The van der Waals surface area contributed by atoms with Crippen molar-refractivity contribution in [1.29, 1.82) is 0 Å². The van der Waals surface area contributed by atoms with E-state index in [-0.39, 0.29) is 47.9 Å². The monoisotopic (exact) mass is 325 g/mol. The Morgan fingerprint density at radius 3 is 2.50 bits per heavy atom. The van der Waals surface area contributed by atoms with Crippen LogP contribution >= 0.6 is 0 Å². The number of carbonyl (C=O) groups is 3. The van der Waals surface area contributed by atoms with Crippen molar-refractivity contribution in [2.75, 3.05) is 13.1 Å². The summed E-state index contributed by atoms with van der Waals surface area (Å²) in [6.07, 6.45) is 7.32. The average Bonchev–Trinajstić information content (AvgIpc) is 3.26. The van der Waals surface area contributed by atoms with Gasteiger partial charge in [-0.15, -0.1) is 0 Å². The number of aromatic nitrogens is 1. The van der Waals surface area contributed by atoms with Crippen molar-refractivity contribution >= 4 is 17.7 Å². The van der Waals surface area contributed by atoms with E-state index in [0.29, 0.717) is 13.0 Å². The highest BCUT2D eigenvalue weighted by atomic mass is 16.2. The highest BCUT2D eigenvalue weighted by molar-refractivity contribution is 6.08. The number of nitrogens with zero attached hydrogens (tertiary/aromatic N) is 2. The van der Waals surface area contributed by atoms with Crippen molar-refractivity contribution in [3.05, 3.63) is 42.2 Å².